The second kappa shape index (κ2) is 9.50. The van der Waals surface area contributed by atoms with Crippen molar-refractivity contribution in [3.8, 4) is 0 Å². The van der Waals surface area contributed by atoms with E-state index in [9.17, 15) is 14.4 Å². The first-order valence-corrected chi connectivity index (χ1v) is 10.2. The van der Waals surface area contributed by atoms with Gasteiger partial charge in [-0.05, 0) is 38.8 Å². The van der Waals surface area contributed by atoms with Crippen molar-refractivity contribution in [3.63, 3.8) is 0 Å². The van der Waals surface area contributed by atoms with Crippen LogP contribution in [-0.2, 0) is 4.79 Å². The fourth-order valence-corrected chi connectivity index (χ4v) is 3.59. The van der Waals surface area contributed by atoms with Crippen LogP contribution in [0.1, 0.15) is 57.5 Å². The van der Waals surface area contributed by atoms with Gasteiger partial charge in [-0.25, -0.2) is 0 Å². The summed E-state index contributed by atoms with van der Waals surface area (Å²) >= 11 is 0. The fraction of sp³-hybridized carbons (Fsp3) is 0.375. The quantitative estimate of drug-likeness (QED) is 0.763. The highest BCUT2D eigenvalue weighted by Crippen LogP contribution is 2.15. The third kappa shape index (κ3) is 5.76. The van der Waals surface area contributed by atoms with Crippen molar-refractivity contribution >= 4 is 17.6 Å². The number of piperidine rings is 1. The fourth-order valence-electron chi connectivity index (χ4n) is 3.59. The molecule has 0 saturated carbocycles. The van der Waals surface area contributed by atoms with E-state index in [-0.39, 0.29) is 36.5 Å². The van der Waals surface area contributed by atoms with Crippen LogP contribution < -0.4 is 5.32 Å². The van der Waals surface area contributed by atoms with E-state index < -0.39 is 0 Å². The highest BCUT2D eigenvalue weighted by atomic mass is 16.2. The number of amides is 2. The molecule has 152 valence electrons. The number of benzene rings is 2. The number of rotatable bonds is 6. The maximum atomic E-state index is 12.5. The first kappa shape index (κ1) is 20.8. The van der Waals surface area contributed by atoms with Crippen molar-refractivity contribution < 1.29 is 14.4 Å². The van der Waals surface area contributed by atoms with Crippen molar-refractivity contribution in [1.82, 2.24) is 10.2 Å². The number of nitrogens with one attached hydrogen (secondary N) is 1. The molecule has 0 aromatic heterocycles. The van der Waals surface area contributed by atoms with Gasteiger partial charge in [-0.3, -0.25) is 14.4 Å². The Morgan fingerprint density at radius 3 is 2.24 bits per heavy atom. The number of carbonyl (C=O) groups excluding carboxylic acids is 3. The van der Waals surface area contributed by atoms with E-state index in [1.165, 1.54) is 0 Å². The minimum absolute atomic E-state index is 0.00125. The highest BCUT2D eigenvalue weighted by molar-refractivity contribution is 5.98. The van der Waals surface area contributed by atoms with Gasteiger partial charge in [0.15, 0.2) is 5.78 Å². The molecule has 3 rings (SSSR count). The van der Waals surface area contributed by atoms with Crippen LogP contribution >= 0.6 is 0 Å². The molecule has 2 aromatic carbocycles. The predicted octanol–water partition coefficient (Wildman–Crippen LogP) is 3.69. The second-order valence-corrected chi connectivity index (χ2v) is 7.79. The van der Waals surface area contributed by atoms with Gasteiger partial charge in [0.2, 0.25) is 5.91 Å². The first-order valence-electron chi connectivity index (χ1n) is 10.2. The Morgan fingerprint density at radius 2 is 1.59 bits per heavy atom. The van der Waals surface area contributed by atoms with Crippen LogP contribution in [0.3, 0.4) is 0 Å². The molecule has 0 atom stereocenters. The monoisotopic (exact) mass is 392 g/mol. The largest absolute Gasteiger partial charge is 0.349 e. The summed E-state index contributed by atoms with van der Waals surface area (Å²) in [6.45, 7) is 5.15. The zero-order valence-corrected chi connectivity index (χ0v) is 17.1. The minimum Gasteiger partial charge on any atom is -0.349 e. The number of hydrogen-bond donors (Lipinski definition) is 1. The van der Waals surface area contributed by atoms with E-state index in [0.717, 1.165) is 24.0 Å². The molecule has 1 N–H and O–H groups in total. The summed E-state index contributed by atoms with van der Waals surface area (Å²) in [7, 11) is 0. The molecule has 2 aromatic rings. The van der Waals surface area contributed by atoms with Crippen LogP contribution in [0.4, 0.5) is 0 Å². The molecule has 1 saturated heterocycles. The van der Waals surface area contributed by atoms with Gasteiger partial charge in [0.1, 0.15) is 0 Å². The van der Waals surface area contributed by atoms with Crippen molar-refractivity contribution in [2.45, 2.75) is 45.6 Å². The lowest BCUT2D eigenvalue weighted by Crippen LogP contribution is -2.46. The molecule has 1 fully saturated rings. The summed E-state index contributed by atoms with van der Waals surface area (Å²) in [5.74, 6) is -0.0604. The second-order valence-electron chi connectivity index (χ2n) is 7.79. The van der Waals surface area contributed by atoms with Gasteiger partial charge in [-0.15, -0.1) is 0 Å². The zero-order valence-electron chi connectivity index (χ0n) is 17.1. The van der Waals surface area contributed by atoms with Gasteiger partial charge in [0.05, 0.1) is 0 Å². The lowest BCUT2D eigenvalue weighted by atomic mass is 10.0. The molecule has 29 heavy (non-hydrogen) atoms. The molecule has 0 aliphatic carbocycles. The van der Waals surface area contributed by atoms with Crippen molar-refractivity contribution in [2.75, 3.05) is 13.1 Å². The third-order valence-corrected chi connectivity index (χ3v) is 5.40. The molecular weight excluding hydrogens is 364 g/mol. The van der Waals surface area contributed by atoms with E-state index in [1.54, 1.807) is 4.90 Å². The Bertz CT molecular complexity index is 881. The number of aryl methyl sites for hydroxylation is 2. The van der Waals surface area contributed by atoms with E-state index >= 15 is 0 Å². The summed E-state index contributed by atoms with van der Waals surface area (Å²) in [4.78, 5) is 38.9. The number of hydrogen-bond acceptors (Lipinski definition) is 3. The van der Waals surface area contributed by atoms with Crippen LogP contribution in [0.25, 0.3) is 0 Å². The Hall–Kier alpha value is -2.95. The average Bonchev–Trinajstić information content (AvgIpc) is 2.73. The Balaban J connectivity index is 1.42. The molecule has 5 heteroatoms. The molecule has 1 aliphatic rings. The number of nitrogens with zero attached hydrogens (tertiary/aromatic N) is 1. The van der Waals surface area contributed by atoms with E-state index in [1.807, 2.05) is 62.4 Å². The maximum absolute atomic E-state index is 12.5. The lowest BCUT2D eigenvalue weighted by molar-refractivity contribution is -0.132. The van der Waals surface area contributed by atoms with Crippen LogP contribution in [0.15, 0.2) is 48.5 Å². The number of carbonyl (C=O) groups is 3. The normalized spacial score (nSPS) is 14.5. The van der Waals surface area contributed by atoms with Gasteiger partial charge < -0.3 is 10.2 Å². The third-order valence-electron chi connectivity index (χ3n) is 5.40. The van der Waals surface area contributed by atoms with Gasteiger partial charge in [-0.2, -0.15) is 0 Å². The standard InChI is InChI=1S/C24H28N2O3/c1-17-6-8-19(9-7-17)22(27)10-11-23(28)26-14-12-21(13-15-26)25-24(29)20-5-3-4-18(2)16-20/h3-9,16,21H,10-15H2,1-2H3,(H,25,29). The molecule has 1 aliphatic heterocycles. The zero-order chi connectivity index (χ0) is 20.8. The Kier molecular flexibility index (Phi) is 6.81. The molecule has 0 spiro atoms. The molecule has 5 nitrogen and oxygen atoms in total. The van der Waals surface area contributed by atoms with E-state index in [2.05, 4.69) is 5.32 Å². The smallest absolute Gasteiger partial charge is 0.251 e. The summed E-state index contributed by atoms with van der Waals surface area (Å²) in [5.41, 5.74) is 3.48. The number of Topliss-reactive ketones (excluding diaryl/α,β-unsaturated/α-hetero) is 1. The summed E-state index contributed by atoms with van der Waals surface area (Å²) in [6, 6.07) is 15.0. The van der Waals surface area contributed by atoms with E-state index in [0.29, 0.717) is 24.2 Å². The lowest BCUT2D eigenvalue weighted by Gasteiger charge is -2.32. The van der Waals surface area contributed by atoms with Crippen LogP contribution in [-0.4, -0.2) is 41.6 Å². The number of likely N-dealkylation sites (tertiary alicyclic amines) is 1. The Labute approximate surface area is 172 Å². The van der Waals surface area contributed by atoms with E-state index in [4.69, 9.17) is 0 Å². The average molecular weight is 392 g/mol. The molecule has 0 bridgehead atoms. The summed E-state index contributed by atoms with van der Waals surface area (Å²) < 4.78 is 0. The first-order chi connectivity index (χ1) is 13.9. The van der Waals surface area contributed by atoms with Crippen LogP contribution in [0, 0.1) is 13.8 Å². The number of ketones is 1. The van der Waals surface area contributed by atoms with Gasteiger partial charge in [0, 0.05) is 43.1 Å². The molecular formula is C24H28N2O3. The van der Waals surface area contributed by atoms with Gasteiger partial charge >= 0.3 is 0 Å². The highest BCUT2D eigenvalue weighted by Gasteiger charge is 2.24. The molecule has 2 amide bonds. The molecule has 0 radical (unpaired) electrons. The van der Waals surface area contributed by atoms with Crippen molar-refractivity contribution in [3.05, 3.63) is 70.8 Å². The predicted molar refractivity (Wildman–Crippen MR) is 113 cm³/mol. The summed E-state index contributed by atoms with van der Waals surface area (Å²) in [5, 5.41) is 3.07. The molecule has 0 unspecified atom stereocenters. The van der Waals surface area contributed by atoms with Crippen LogP contribution in [0.5, 0.6) is 0 Å². The van der Waals surface area contributed by atoms with Gasteiger partial charge in [0.25, 0.3) is 5.91 Å². The topological polar surface area (TPSA) is 66.5 Å². The Morgan fingerprint density at radius 1 is 0.897 bits per heavy atom. The van der Waals surface area contributed by atoms with Crippen molar-refractivity contribution in [2.24, 2.45) is 0 Å². The van der Waals surface area contributed by atoms with Gasteiger partial charge in [-0.1, -0.05) is 47.5 Å². The SMILES string of the molecule is Cc1ccc(C(=O)CCC(=O)N2CCC(NC(=O)c3cccc(C)c3)CC2)cc1. The van der Waals surface area contributed by atoms with Crippen molar-refractivity contribution in [1.29, 1.82) is 0 Å². The molecule has 1 heterocycles. The summed E-state index contributed by atoms with van der Waals surface area (Å²) in [6.07, 6.45) is 1.92. The maximum Gasteiger partial charge on any atom is 0.251 e. The van der Waals surface area contributed by atoms with Crippen LogP contribution in [0.2, 0.25) is 0 Å². The minimum atomic E-state index is -0.0674.